The highest BCUT2D eigenvalue weighted by molar-refractivity contribution is 8.00. The molecule has 2 heterocycles. The van der Waals surface area contributed by atoms with Gasteiger partial charge in [0.25, 0.3) is 5.91 Å². The van der Waals surface area contributed by atoms with E-state index in [-0.39, 0.29) is 10.8 Å². The molecule has 0 bridgehead atoms. The molecule has 0 aliphatic carbocycles. The van der Waals surface area contributed by atoms with Gasteiger partial charge in [-0.15, -0.1) is 10.2 Å². The highest BCUT2D eigenvalue weighted by Gasteiger charge is 2.40. The number of hydrogen-bond acceptors (Lipinski definition) is 6. The molecule has 0 atom stereocenters. The maximum atomic E-state index is 13.7. The molecule has 0 fully saturated rings. The fourth-order valence-electron chi connectivity index (χ4n) is 2.75. The Bertz CT molecular complexity index is 1180. The summed E-state index contributed by atoms with van der Waals surface area (Å²) in [5, 5.41) is 14.1. The van der Waals surface area contributed by atoms with Gasteiger partial charge in [0, 0.05) is 5.75 Å². The summed E-state index contributed by atoms with van der Waals surface area (Å²) in [6.07, 6.45) is -3.88. The molecule has 6 nitrogen and oxygen atoms in total. The number of alkyl halides is 3. The molecule has 31 heavy (non-hydrogen) atoms. The Morgan fingerprint density at radius 1 is 1.03 bits per heavy atom. The average molecular weight is 461 g/mol. The van der Waals surface area contributed by atoms with Crippen molar-refractivity contribution in [2.75, 3.05) is 5.32 Å². The molecule has 1 amide bonds. The molecule has 0 saturated carbocycles. The topological polar surface area (TPSA) is 72.7 Å². The molecular weight excluding hydrogens is 447 g/mol. The number of aromatic nitrogens is 4. The monoisotopic (exact) mass is 461 g/mol. The van der Waals surface area contributed by atoms with Crippen molar-refractivity contribution in [1.29, 1.82) is 0 Å². The summed E-state index contributed by atoms with van der Waals surface area (Å²) in [5.41, 5.74) is -0.453. The van der Waals surface area contributed by atoms with Gasteiger partial charge >= 0.3 is 6.18 Å². The fraction of sp³-hybridized carbons (Fsp3) is 0.100. The van der Waals surface area contributed by atoms with Crippen LogP contribution in [0.2, 0.25) is 0 Å². The number of halogens is 3. The molecule has 0 aliphatic rings. The normalized spacial score (nSPS) is 11.5. The Labute approximate surface area is 183 Å². The minimum absolute atomic E-state index is 0.112. The van der Waals surface area contributed by atoms with Gasteiger partial charge in [-0.25, -0.2) is 4.68 Å². The number of carbonyl (C=O) groups is 1. The number of carbonyl (C=O) groups excluding carboxylic acids is 1. The zero-order valence-electron chi connectivity index (χ0n) is 15.7. The molecule has 4 rings (SSSR count). The van der Waals surface area contributed by atoms with E-state index in [1.807, 2.05) is 30.3 Å². The van der Waals surface area contributed by atoms with Crippen molar-refractivity contribution in [3.63, 3.8) is 0 Å². The van der Waals surface area contributed by atoms with Crippen molar-refractivity contribution < 1.29 is 18.0 Å². The van der Waals surface area contributed by atoms with Gasteiger partial charge in [-0.3, -0.25) is 10.1 Å². The van der Waals surface area contributed by atoms with E-state index in [1.165, 1.54) is 23.9 Å². The van der Waals surface area contributed by atoms with Gasteiger partial charge in [0.2, 0.25) is 5.13 Å². The summed E-state index contributed by atoms with van der Waals surface area (Å²) in [7, 11) is 0. The van der Waals surface area contributed by atoms with E-state index >= 15 is 0 Å². The summed E-state index contributed by atoms with van der Waals surface area (Å²) in [4.78, 5) is 12.6. The van der Waals surface area contributed by atoms with Crippen LogP contribution >= 0.6 is 23.1 Å². The first-order chi connectivity index (χ1) is 14.9. The second kappa shape index (κ2) is 8.90. The van der Waals surface area contributed by atoms with Crippen LogP contribution in [0.1, 0.15) is 21.6 Å². The van der Waals surface area contributed by atoms with Crippen LogP contribution in [0, 0.1) is 0 Å². The predicted molar refractivity (Wildman–Crippen MR) is 112 cm³/mol. The van der Waals surface area contributed by atoms with E-state index in [0.717, 1.165) is 23.1 Å². The van der Waals surface area contributed by atoms with Crippen LogP contribution in [0.5, 0.6) is 0 Å². The summed E-state index contributed by atoms with van der Waals surface area (Å²) < 4.78 is 42.5. The van der Waals surface area contributed by atoms with Crippen LogP contribution < -0.4 is 5.32 Å². The number of para-hydroxylation sites is 1. The number of benzene rings is 2. The smallest absolute Gasteiger partial charge is 0.296 e. The van der Waals surface area contributed by atoms with Crippen LogP contribution in [0.15, 0.2) is 71.2 Å². The Hall–Kier alpha value is -3.18. The lowest BCUT2D eigenvalue weighted by Crippen LogP contribution is -2.20. The molecule has 11 heteroatoms. The highest BCUT2D eigenvalue weighted by atomic mass is 32.2. The Balaban J connectivity index is 1.52. The number of hydrogen-bond donors (Lipinski definition) is 1. The van der Waals surface area contributed by atoms with Crippen molar-refractivity contribution >= 4 is 34.1 Å². The third-order valence-electron chi connectivity index (χ3n) is 4.12. The molecule has 0 radical (unpaired) electrons. The quantitative estimate of drug-likeness (QED) is 0.312. The lowest BCUT2D eigenvalue weighted by molar-refractivity contribution is -0.143. The second-order valence-electron chi connectivity index (χ2n) is 6.25. The Morgan fingerprint density at radius 3 is 2.39 bits per heavy atom. The average Bonchev–Trinajstić information content (AvgIpc) is 3.41. The minimum atomic E-state index is -4.78. The van der Waals surface area contributed by atoms with Gasteiger partial charge < -0.3 is 0 Å². The first kappa shape index (κ1) is 21.1. The molecule has 0 spiro atoms. The van der Waals surface area contributed by atoms with Gasteiger partial charge in [-0.1, -0.05) is 71.6 Å². The zero-order valence-corrected chi connectivity index (χ0v) is 17.3. The van der Waals surface area contributed by atoms with Crippen LogP contribution in [-0.2, 0) is 11.9 Å². The van der Waals surface area contributed by atoms with Crippen molar-refractivity contribution in [3.05, 3.63) is 83.7 Å². The van der Waals surface area contributed by atoms with Crippen molar-refractivity contribution in [1.82, 2.24) is 20.0 Å². The number of nitrogens with one attached hydrogen (secondary N) is 1. The van der Waals surface area contributed by atoms with Crippen molar-refractivity contribution in [3.8, 4) is 5.69 Å². The second-order valence-corrected chi connectivity index (χ2v) is 8.45. The van der Waals surface area contributed by atoms with E-state index in [1.54, 1.807) is 18.2 Å². The van der Waals surface area contributed by atoms with Crippen LogP contribution in [0.3, 0.4) is 0 Å². The molecule has 2 aromatic carbocycles. The Kier molecular flexibility index (Phi) is 6.05. The molecule has 0 aliphatic heterocycles. The number of rotatable bonds is 6. The van der Waals surface area contributed by atoms with Crippen LogP contribution in [0.4, 0.5) is 18.3 Å². The van der Waals surface area contributed by atoms with E-state index in [2.05, 4.69) is 20.6 Å². The predicted octanol–water partition coefficient (Wildman–Crippen LogP) is 5.29. The number of anilines is 1. The van der Waals surface area contributed by atoms with Gasteiger partial charge in [0.05, 0.1) is 17.4 Å². The minimum Gasteiger partial charge on any atom is -0.296 e. The van der Waals surface area contributed by atoms with Crippen molar-refractivity contribution in [2.24, 2.45) is 0 Å². The Morgan fingerprint density at radius 2 is 1.71 bits per heavy atom. The molecule has 4 aromatic rings. The zero-order chi connectivity index (χ0) is 21.8. The van der Waals surface area contributed by atoms with Gasteiger partial charge in [0.15, 0.2) is 10.0 Å². The molecule has 1 N–H and O–H groups in total. The lowest BCUT2D eigenvalue weighted by atomic mass is 10.2. The van der Waals surface area contributed by atoms with Gasteiger partial charge in [0.1, 0.15) is 0 Å². The molecular formula is C20H14F3N5OS2. The van der Waals surface area contributed by atoms with Gasteiger partial charge in [-0.05, 0) is 17.7 Å². The van der Waals surface area contributed by atoms with Crippen LogP contribution in [0.25, 0.3) is 5.69 Å². The SMILES string of the molecule is O=C(Nc1nnc(SCc2ccccc2)s1)c1cnn(-c2ccccc2)c1C(F)(F)F. The summed E-state index contributed by atoms with van der Waals surface area (Å²) in [6, 6.07) is 17.5. The summed E-state index contributed by atoms with van der Waals surface area (Å²) >= 11 is 2.52. The molecule has 0 unspecified atom stereocenters. The van der Waals surface area contributed by atoms with Gasteiger partial charge in [-0.2, -0.15) is 18.3 Å². The van der Waals surface area contributed by atoms with Crippen LogP contribution in [-0.4, -0.2) is 25.9 Å². The molecule has 0 saturated heterocycles. The van der Waals surface area contributed by atoms with Crippen molar-refractivity contribution in [2.45, 2.75) is 16.3 Å². The first-order valence-corrected chi connectivity index (χ1v) is 10.7. The standard InChI is InChI=1S/C20H14F3N5OS2/c21-20(22,23)16-15(11-24-28(16)14-9-5-2-6-10-14)17(29)25-18-26-27-19(31-18)30-12-13-7-3-1-4-8-13/h1-11H,12H2,(H,25,26,29). The van der Waals surface area contributed by atoms with E-state index in [0.29, 0.717) is 14.8 Å². The highest BCUT2D eigenvalue weighted by Crippen LogP contribution is 2.34. The largest absolute Gasteiger partial charge is 0.434 e. The number of nitrogens with zero attached hydrogens (tertiary/aromatic N) is 4. The first-order valence-electron chi connectivity index (χ1n) is 8.94. The maximum absolute atomic E-state index is 13.7. The summed E-state index contributed by atoms with van der Waals surface area (Å²) in [6.45, 7) is 0. The number of amides is 1. The lowest BCUT2D eigenvalue weighted by Gasteiger charge is -2.12. The van der Waals surface area contributed by atoms with E-state index in [4.69, 9.17) is 0 Å². The maximum Gasteiger partial charge on any atom is 0.434 e. The third kappa shape index (κ3) is 4.94. The molecule has 158 valence electrons. The fourth-order valence-corrected chi connectivity index (χ4v) is 4.46. The molecule has 2 aromatic heterocycles. The third-order valence-corrected chi connectivity index (χ3v) is 6.16. The number of thioether (sulfide) groups is 1. The van der Waals surface area contributed by atoms with E-state index < -0.39 is 23.3 Å². The summed E-state index contributed by atoms with van der Waals surface area (Å²) in [5.74, 6) is -0.295. The van der Waals surface area contributed by atoms with E-state index in [9.17, 15) is 18.0 Å².